The normalized spacial score (nSPS) is 10.9. The minimum absolute atomic E-state index is 0.311. The first-order valence-corrected chi connectivity index (χ1v) is 9.36. The highest BCUT2D eigenvalue weighted by Gasteiger charge is 2.18. The third-order valence-corrected chi connectivity index (χ3v) is 4.82. The second-order valence-corrected chi connectivity index (χ2v) is 6.70. The number of nitrogens with zero attached hydrogens (tertiary/aromatic N) is 5. The summed E-state index contributed by atoms with van der Waals surface area (Å²) >= 11 is 1.38. The lowest BCUT2D eigenvalue weighted by Crippen LogP contribution is -2.12. The molecule has 28 heavy (non-hydrogen) atoms. The molecule has 0 saturated carbocycles. The predicted octanol–water partition coefficient (Wildman–Crippen LogP) is 2.69. The summed E-state index contributed by atoms with van der Waals surface area (Å²) in [6.07, 6.45) is 6.86. The molecule has 10 heteroatoms. The smallest absolute Gasteiger partial charge is 0.275 e. The van der Waals surface area contributed by atoms with Gasteiger partial charge in [0.05, 0.1) is 30.7 Å². The standard InChI is InChI=1S/C18H17N7O2S/c1-27-7-6-25-10-14(16(24-25)13-4-2-3-5-19-13)22-17(26)15-11-28-18(23-15)12-8-20-21-9-12/h2-5,8-11H,6-7H2,1H3,(H,20,21)(H,22,26). The van der Waals surface area contributed by atoms with E-state index in [1.807, 2.05) is 18.2 Å². The molecule has 0 aliphatic rings. The molecule has 0 spiro atoms. The number of carbonyl (C=O) groups is 1. The SMILES string of the molecule is COCCn1cc(NC(=O)c2csc(-c3cn[nH]c3)n2)c(-c2ccccn2)n1. The monoisotopic (exact) mass is 395 g/mol. The Morgan fingerprint density at radius 1 is 1.39 bits per heavy atom. The number of H-pyrrole nitrogens is 1. The fourth-order valence-corrected chi connectivity index (χ4v) is 3.35. The Balaban J connectivity index is 1.59. The highest BCUT2D eigenvalue weighted by molar-refractivity contribution is 7.13. The molecule has 0 aromatic carbocycles. The summed E-state index contributed by atoms with van der Waals surface area (Å²) in [5.41, 5.74) is 3.00. The molecule has 142 valence electrons. The molecule has 0 aliphatic carbocycles. The molecule has 4 aromatic heterocycles. The van der Waals surface area contributed by atoms with E-state index in [0.29, 0.717) is 35.9 Å². The summed E-state index contributed by atoms with van der Waals surface area (Å²) in [4.78, 5) is 21.5. The van der Waals surface area contributed by atoms with Crippen molar-refractivity contribution >= 4 is 22.9 Å². The molecule has 0 saturated heterocycles. The van der Waals surface area contributed by atoms with Gasteiger partial charge in [0.15, 0.2) is 0 Å². The number of hydrogen-bond donors (Lipinski definition) is 2. The predicted molar refractivity (Wildman–Crippen MR) is 105 cm³/mol. The summed E-state index contributed by atoms with van der Waals surface area (Å²) in [7, 11) is 1.63. The molecule has 0 atom stereocenters. The fourth-order valence-electron chi connectivity index (χ4n) is 2.57. The third-order valence-electron chi connectivity index (χ3n) is 3.92. The molecule has 4 aromatic rings. The summed E-state index contributed by atoms with van der Waals surface area (Å²) in [5.74, 6) is -0.311. The van der Waals surface area contributed by atoms with Gasteiger partial charge < -0.3 is 10.1 Å². The minimum Gasteiger partial charge on any atom is -0.383 e. The van der Waals surface area contributed by atoms with Crippen LogP contribution in [0, 0.1) is 0 Å². The second-order valence-electron chi connectivity index (χ2n) is 5.84. The Morgan fingerprint density at radius 3 is 3.07 bits per heavy atom. The van der Waals surface area contributed by atoms with Gasteiger partial charge in [0.1, 0.15) is 16.4 Å². The maximum atomic E-state index is 12.7. The quantitative estimate of drug-likeness (QED) is 0.498. The van der Waals surface area contributed by atoms with Crippen molar-refractivity contribution in [2.45, 2.75) is 6.54 Å². The van der Waals surface area contributed by atoms with E-state index in [1.54, 1.807) is 42.0 Å². The molecule has 0 unspecified atom stereocenters. The van der Waals surface area contributed by atoms with Crippen LogP contribution in [0.15, 0.2) is 48.4 Å². The van der Waals surface area contributed by atoms with Gasteiger partial charge >= 0.3 is 0 Å². The first kappa shape index (κ1) is 18.0. The van der Waals surface area contributed by atoms with Crippen molar-refractivity contribution in [2.24, 2.45) is 0 Å². The minimum atomic E-state index is -0.311. The lowest BCUT2D eigenvalue weighted by atomic mass is 10.2. The van der Waals surface area contributed by atoms with Gasteiger partial charge in [-0.15, -0.1) is 11.3 Å². The highest BCUT2D eigenvalue weighted by Crippen LogP contribution is 2.26. The molecule has 0 bridgehead atoms. The number of nitrogens with one attached hydrogen (secondary N) is 2. The van der Waals surface area contributed by atoms with Crippen molar-refractivity contribution in [3.63, 3.8) is 0 Å². The van der Waals surface area contributed by atoms with E-state index >= 15 is 0 Å². The van der Waals surface area contributed by atoms with Crippen LogP contribution in [0.2, 0.25) is 0 Å². The van der Waals surface area contributed by atoms with E-state index in [4.69, 9.17) is 4.74 Å². The fraction of sp³-hybridized carbons (Fsp3) is 0.167. The van der Waals surface area contributed by atoms with Gasteiger partial charge in [-0.05, 0) is 12.1 Å². The summed E-state index contributed by atoms with van der Waals surface area (Å²) in [6, 6.07) is 5.55. The average Bonchev–Trinajstić information content (AvgIpc) is 3.46. The zero-order valence-corrected chi connectivity index (χ0v) is 15.8. The number of rotatable bonds is 7. The molecule has 0 fully saturated rings. The number of anilines is 1. The van der Waals surface area contributed by atoms with Crippen LogP contribution in [-0.2, 0) is 11.3 Å². The molecule has 1 amide bonds. The van der Waals surface area contributed by atoms with Gasteiger partial charge in [0.25, 0.3) is 5.91 Å². The van der Waals surface area contributed by atoms with Crippen molar-refractivity contribution in [3.05, 3.63) is 54.1 Å². The lowest BCUT2D eigenvalue weighted by Gasteiger charge is -2.03. The number of carbonyl (C=O) groups excluding carboxylic acids is 1. The van der Waals surface area contributed by atoms with Gasteiger partial charge in [0.2, 0.25) is 0 Å². The van der Waals surface area contributed by atoms with Crippen LogP contribution in [0.3, 0.4) is 0 Å². The Bertz CT molecular complexity index is 1060. The zero-order valence-electron chi connectivity index (χ0n) is 15.0. The van der Waals surface area contributed by atoms with Crippen LogP contribution >= 0.6 is 11.3 Å². The number of thiazole rings is 1. The average molecular weight is 395 g/mol. The maximum absolute atomic E-state index is 12.7. The first-order valence-electron chi connectivity index (χ1n) is 8.48. The Hall–Kier alpha value is -3.37. The first-order chi connectivity index (χ1) is 13.7. The van der Waals surface area contributed by atoms with E-state index < -0.39 is 0 Å². The second kappa shape index (κ2) is 8.11. The molecule has 4 heterocycles. The number of methoxy groups -OCH3 is 1. The molecule has 0 aliphatic heterocycles. The lowest BCUT2D eigenvalue weighted by molar-refractivity contribution is 0.102. The molecule has 9 nitrogen and oxygen atoms in total. The summed E-state index contributed by atoms with van der Waals surface area (Å²) in [5, 5.41) is 16.5. The van der Waals surface area contributed by atoms with Crippen molar-refractivity contribution in [1.29, 1.82) is 0 Å². The van der Waals surface area contributed by atoms with Gasteiger partial charge in [-0.1, -0.05) is 6.07 Å². The third kappa shape index (κ3) is 3.82. The van der Waals surface area contributed by atoms with Gasteiger partial charge in [0, 0.05) is 36.6 Å². The van der Waals surface area contributed by atoms with Gasteiger partial charge in [-0.25, -0.2) is 4.98 Å². The van der Waals surface area contributed by atoms with E-state index in [0.717, 1.165) is 10.6 Å². The van der Waals surface area contributed by atoms with Crippen LogP contribution in [0.4, 0.5) is 5.69 Å². The number of aromatic amines is 1. The zero-order chi connectivity index (χ0) is 19.3. The Kier molecular flexibility index (Phi) is 5.22. The molecule has 4 rings (SSSR count). The number of aromatic nitrogens is 6. The summed E-state index contributed by atoms with van der Waals surface area (Å²) < 4.78 is 6.83. The molecule has 2 N–H and O–H groups in total. The largest absolute Gasteiger partial charge is 0.383 e. The van der Waals surface area contributed by atoms with Crippen molar-refractivity contribution < 1.29 is 9.53 Å². The Morgan fingerprint density at radius 2 is 2.32 bits per heavy atom. The summed E-state index contributed by atoms with van der Waals surface area (Å²) in [6.45, 7) is 1.07. The van der Waals surface area contributed by atoms with Crippen molar-refractivity contribution in [2.75, 3.05) is 19.0 Å². The van der Waals surface area contributed by atoms with E-state index in [9.17, 15) is 4.79 Å². The van der Waals surface area contributed by atoms with Gasteiger partial charge in [-0.2, -0.15) is 10.2 Å². The number of hydrogen-bond acceptors (Lipinski definition) is 7. The number of pyridine rings is 1. The van der Waals surface area contributed by atoms with Crippen LogP contribution in [0.25, 0.3) is 22.0 Å². The molecular weight excluding hydrogens is 378 g/mol. The van der Waals surface area contributed by atoms with Crippen LogP contribution in [-0.4, -0.2) is 49.6 Å². The number of ether oxygens (including phenoxy) is 1. The van der Waals surface area contributed by atoms with Crippen LogP contribution in [0.1, 0.15) is 10.5 Å². The van der Waals surface area contributed by atoms with E-state index in [1.165, 1.54) is 11.3 Å². The van der Waals surface area contributed by atoms with Crippen molar-refractivity contribution in [3.8, 4) is 22.0 Å². The maximum Gasteiger partial charge on any atom is 0.275 e. The van der Waals surface area contributed by atoms with Crippen molar-refractivity contribution in [1.82, 2.24) is 29.9 Å². The topological polar surface area (TPSA) is 111 Å². The highest BCUT2D eigenvalue weighted by atomic mass is 32.1. The van der Waals surface area contributed by atoms with Gasteiger partial charge in [-0.3, -0.25) is 19.6 Å². The van der Waals surface area contributed by atoms with E-state index in [2.05, 4.69) is 30.6 Å². The van der Waals surface area contributed by atoms with Crippen LogP contribution in [0.5, 0.6) is 0 Å². The number of amides is 1. The van der Waals surface area contributed by atoms with E-state index in [-0.39, 0.29) is 5.91 Å². The van der Waals surface area contributed by atoms with Crippen LogP contribution < -0.4 is 5.32 Å². The molecule has 0 radical (unpaired) electrons. The molecular formula is C18H17N7O2S. The Labute approximate surface area is 164 Å².